The van der Waals surface area contributed by atoms with Crippen LogP contribution in [-0.2, 0) is 0 Å². The van der Waals surface area contributed by atoms with Crippen LogP contribution in [0.2, 0.25) is 0 Å². The lowest BCUT2D eigenvalue weighted by Gasteiger charge is -2.33. The fourth-order valence-corrected chi connectivity index (χ4v) is 1.36. The number of piperidine rings is 1. The van der Waals surface area contributed by atoms with Crippen LogP contribution in [0.4, 0.5) is 0 Å². The molecule has 1 fully saturated rings. The monoisotopic (exact) mass is 141 g/mol. The van der Waals surface area contributed by atoms with Crippen molar-refractivity contribution in [1.82, 2.24) is 10.0 Å². The first kappa shape index (κ1) is 8.02. The third-order valence-electron chi connectivity index (χ3n) is 2.10. The molecule has 0 aliphatic carbocycles. The van der Waals surface area contributed by atoms with E-state index >= 15 is 0 Å². The van der Waals surface area contributed by atoms with Gasteiger partial charge in [-0.2, -0.15) is 0 Å². The van der Waals surface area contributed by atoms with Gasteiger partial charge in [-0.05, 0) is 12.8 Å². The van der Waals surface area contributed by atoms with Crippen LogP contribution in [0.25, 0.3) is 0 Å². The van der Waals surface area contributed by atoms with E-state index < -0.39 is 0 Å². The first-order valence-corrected chi connectivity index (χ1v) is 4.17. The smallest absolute Gasteiger partial charge is 0.0275 e. The van der Waals surface area contributed by atoms with Crippen molar-refractivity contribution in [2.24, 2.45) is 0 Å². The predicted octanol–water partition coefficient (Wildman–Crippen LogP) is 1.50. The lowest BCUT2D eigenvalue weighted by atomic mass is 10.2. The van der Waals surface area contributed by atoms with E-state index in [9.17, 15) is 0 Å². The molecule has 1 radical (unpaired) electrons. The van der Waals surface area contributed by atoms with Crippen molar-refractivity contribution >= 4 is 0 Å². The van der Waals surface area contributed by atoms with E-state index in [4.69, 9.17) is 0 Å². The third kappa shape index (κ3) is 1.96. The summed E-state index contributed by atoms with van der Waals surface area (Å²) in [7, 11) is 3.94. The van der Waals surface area contributed by atoms with Gasteiger partial charge in [0.1, 0.15) is 0 Å². The average Bonchev–Trinajstić information content (AvgIpc) is 2.05. The normalized spacial score (nSPS) is 21.9. The summed E-state index contributed by atoms with van der Waals surface area (Å²) in [4.78, 5) is 0. The van der Waals surface area contributed by atoms with Crippen LogP contribution in [0.5, 0.6) is 0 Å². The zero-order chi connectivity index (χ0) is 7.40. The molecule has 2 nitrogen and oxygen atoms in total. The van der Waals surface area contributed by atoms with Gasteiger partial charge in [-0.3, -0.25) is 0 Å². The van der Waals surface area contributed by atoms with E-state index in [1.807, 2.05) is 0 Å². The molecule has 1 aliphatic rings. The molecule has 1 heterocycles. The maximum Gasteiger partial charge on any atom is 0.0275 e. The minimum Gasteiger partial charge on any atom is -0.242 e. The highest BCUT2D eigenvalue weighted by Crippen LogP contribution is 2.09. The Morgan fingerprint density at radius 3 is 2.40 bits per heavy atom. The van der Waals surface area contributed by atoms with Crippen molar-refractivity contribution in [2.75, 3.05) is 19.6 Å². The molecule has 0 saturated carbocycles. The lowest BCUT2D eigenvalue weighted by molar-refractivity contribution is 0.00533. The minimum absolute atomic E-state index is 1.03. The number of rotatable bonds is 2. The van der Waals surface area contributed by atoms with Crippen LogP contribution in [-0.4, -0.2) is 29.7 Å². The molecule has 0 aromatic rings. The number of nitrogens with zero attached hydrogens (tertiary/aromatic N) is 2. The van der Waals surface area contributed by atoms with Gasteiger partial charge in [0.25, 0.3) is 0 Å². The van der Waals surface area contributed by atoms with Crippen molar-refractivity contribution < 1.29 is 0 Å². The zero-order valence-corrected chi connectivity index (χ0v) is 6.84. The van der Waals surface area contributed by atoms with Crippen molar-refractivity contribution in [3.63, 3.8) is 0 Å². The molecule has 0 N–H and O–H groups in total. The molecular weight excluding hydrogens is 124 g/mol. The third-order valence-corrected chi connectivity index (χ3v) is 2.10. The maximum absolute atomic E-state index is 3.94. The number of hydrogen-bond donors (Lipinski definition) is 0. The molecule has 0 spiro atoms. The van der Waals surface area contributed by atoms with Crippen molar-refractivity contribution in [2.45, 2.75) is 26.2 Å². The fourth-order valence-electron chi connectivity index (χ4n) is 1.36. The van der Waals surface area contributed by atoms with Crippen molar-refractivity contribution in [3.8, 4) is 0 Å². The van der Waals surface area contributed by atoms with E-state index in [1.165, 1.54) is 32.4 Å². The Balaban J connectivity index is 2.24. The van der Waals surface area contributed by atoms with Crippen LogP contribution >= 0.6 is 0 Å². The summed E-state index contributed by atoms with van der Waals surface area (Å²) in [5.74, 6) is 0. The molecular formula is C8H17N2. The first-order valence-electron chi connectivity index (χ1n) is 4.17. The highest BCUT2D eigenvalue weighted by molar-refractivity contribution is 4.62. The summed E-state index contributed by atoms with van der Waals surface area (Å²) in [6.07, 6.45) is 4.08. The summed E-state index contributed by atoms with van der Waals surface area (Å²) in [5, 5.41) is 4.41. The minimum atomic E-state index is 1.03. The summed E-state index contributed by atoms with van der Waals surface area (Å²) >= 11 is 0. The van der Waals surface area contributed by atoms with Crippen molar-refractivity contribution in [3.05, 3.63) is 7.05 Å². The summed E-state index contributed by atoms with van der Waals surface area (Å²) in [6.45, 7) is 5.58. The van der Waals surface area contributed by atoms with Gasteiger partial charge in [-0.1, -0.05) is 13.3 Å². The van der Waals surface area contributed by atoms with Gasteiger partial charge in [0.15, 0.2) is 0 Å². The van der Waals surface area contributed by atoms with Crippen LogP contribution < -0.4 is 0 Å². The van der Waals surface area contributed by atoms with Gasteiger partial charge in [-0.15, -0.1) is 0 Å². The Kier molecular flexibility index (Phi) is 3.16. The molecule has 0 unspecified atom stereocenters. The highest BCUT2D eigenvalue weighted by atomic mass is 15.6. The zero-order valence-electron chi connectivity index (χ0n) is 6.84. The Hall–Kier alpha value is -0.0800. The van der Waals surface area contributed by atoms with E-state index in [2.05, 4.69) is 24.0 Å². The standard InChI is InChI=1S/C8H17N2/c1-3-9(2)10-7-5-4-6-8-10/h2-8H2,1H3. The second-order valence-corrected chi connectivity index (χ2v) is 2.84. The Morgan fingerprint density at radius 2 is 1.90 bits per heavy atom. The average molecular weight is 141 g/mol. The first-order chi connectivity index (χ1) is 4.84. The molecule has 0 atom stereocenters. The van der Waals surface area contributed by atoms with E-state index in [1.54, 1.807) is 0 Å². The van der Waals surface area contributed by atoms with E-state index in [0.717, 1.165) is 6.54 Å². The van der Waals surface area contributed by atoms with Crippen LogP contribution in [0.1, 0.15) is 26.2 Å². The Morgan fingerprint density at radius 1 is 1.30 bits per heavy atom. The summed E-state index contributed by atoms with van der Waals surface area (Å²) in [6, 6.07) is 0. The second kappa shape index (κ2) is 3.94. The summed E-state index contributed by atoms with van der Waals surface area (Å²) in [5.41, 5.74) is 0. The largest absolute Gasteiger partial charge is 0.242 e. The summed E-state index contributed by atoms with van der Waals surface area (Å²) < 4.78 is 0. The molecule has 10 heavy (non-hydrogen) atoms. The quantitative estimate of drug-likeness (QED) is 0.575. The number of hydrogen-bond acceptors (Lipinski definition) is 2. The topological polar surface area (TPSA) is 6.48 Å². The van der Waals surface area contributed by atoms with Gasteiger partial charge >= 0.3 is 0 Å². The van der Waals surface area contributed by atoms with Gasteiger partial charge in [0, 0.05) is 26.7 Å². The molecule has 1 aliphatic heterocycles. The second-order valence-electron chi connectivity index (χ2n) is 2.84. The SMILES string of the molecule is [CH2]N(CC)N1CCCCC1. The van der Waals surface area contributed by atoms with E-state index in [0.29, 0.717) is 0 Å². The van der Waals surface area contributed by atoms with Crippen LogP contribution in [0.3, 0.4) is 0 Å². The molecule has 1 saturated heterocycles. The predicted molar refractivity (Wildman–Crippen MR) is 43.2 cm³/mol. The lowest BCUT2D eigenvalue weighted by Crippen LogP contribution is -2.41. The van der Waals surface area contributed by atoms with E-state index in [-0.39, 0.29) is 0 Å². The maximum atomic E-state index is 3.94. The van der Waals surface area contributed by atoms with Crippen LogP contribution in [0, 0.1) is 7.05 Å². The fraction of sp³-hybridized carbons (Fsp3) is 0.875. The molecule has 0 aromatic carbocycles. The van der Waals surface area contributed by atoms with Crippen molar-refractivity contribution in [1.29, 1.82) is 0 Å². The van der Waals surface area contributed by atoms with Gasteiger partial charge in [0.05, 0.1) is 0 Å². The molecule has 0 amide bonds. The van der Waals surface area contributed by atoms with Gasteiger partial charge in [-0.25, -0.2) is 10.0 Å². The molecule has 0 bridgehead atoms. The molecule has 0 aromatic heterocycles. The highest BCUT2D eigenvalue weighted by Gasteiger charge is 2.12. The molecule has 59 valence electrons. The van der Waals surface area contributed by atoms with Gasteiger partial charge in [0.2, 0.25) is 0 Å². The van der Waals surface area contributed by atoms with Gasteiger partial charge < -0.3 is 0 Å². The molecule has 1 rings (SSSR count). The van der Waals surface area contributed by atoms with Crippen LogP contribution in [0.15, 0.2) is 0 Å². The Labute approximate surface area is 63.8 Å². The number of hydrazine groups is 1. The Bertz CT molecular complexity index is 87.3. The molecule has 2 heteroatoms.